The quantitative estimate of drug-likeness (QED) is 0.791. The average Bonchev–Trinajstić information content (AvgIpc) is 3.26. The number of fused-ring (bicyclic) bond motifs is 2. The van der Waals surface area contributed by atoms with Gasteiger partial charge in [-0.3, -0.25) is 4.79 Å². The molecule has 4 heteroatoms. The number of nitrogens with one attached hydrogen (secondary N) is 1. The van der Waals surface area contributed by atoms with Crippen LogP contribution >= 0.6 is 0 Å². The Balaban J connectivity index is 1.44. The topological polar surface area (TPSA) is 49.0 Å². The van der Waals surface area contributed by atoms with E-state index in [9.17, 15) is 4.79 Å². The summed E-state index contributed by atoms with van der Waals surface area (Å²) in [6, 6.07) is 13.2. The first-order valence-electron chi connectivity index (χ1n) is 9.11. The van der Waals surface area contributed by atoms with E-state index in [0.717, 1.165) is 42.3 Å². The predicted octanol–water partition coefficient (Wildman–Crippen LogP) is 3.78. The molecule has 25 heavy (non-hydrogen) atoms. The van der Waals surface area contributed by atoms with Crippen LogP contribution < -0.4 is 0 Å². The molecule has 1 amide bonds. The summed E-state index contributed by atoms with van der Waals surface area (Å²) in [5, 5.41) is 1.05. The van der Waals surface area contributed by atoms with E-state index in [0.29, 0.717) is 12.5 Å². The summed E-state index contributed by atoms with van der Waals surface area (Å²) in [7, 11) is 0. The van der Waals surface area contributed by atoms with Crippen molar-refractivity contribution in [3.63, 3.8) is 0 Å². The Kier molecular flexibility index (Phi) is 3.37. The molecule has 2 aromatic heterocycles. The molecule has 4 nitrogen and oxygen atoms in total. The Hall–Kier alpha value is -2.62. The number of H-pyrrole nitrogens is 1. The normalized spacial score (nSPS) is 19.1. The van der Waals surface area contributed by atoms with Crippen molar-refractivity contribution in [3.8, 4) is 0 Å². The maximum Gasteiger partial charge on any atom is 0.227 e. The van der Waals surface area contributed by atoms with Gasteiger partial charge < -0.3 is 9.88 Å². The Morgan fingerprint density at radius 1 is 1.16 bits per heavy atom. The second-order valence-electron chi connectivity index (χ2n) is 7.18. The number of aryl methyl sites for hydroxylation is 1. The molecular weight excluding hydrogens is 310 g/mol. The molecule has 1 aromatic carbocycles. The highest BCUT2D eigenvalue weighted by molar-refractivity contribution is 5.87. The molecule has 3 aromatic rings. The van der Waals surface area contributed by atoms with Crippen LogP contribution in [0.15, 0.2) is 48.8 Å². The number of nitrogens with zero attached hydrogens (tertiary/aromatic N) is 2. The van der Waals surface area contributed by atoms with Crippen molar-refractivity contribution in [1.29, 1.82) is 0 Å². The van der Waals surface area contributed by atoms with Gasteiger partial charge in [-0.05, 0) is 54.5 Å². The van der Waals surface area contributed by atoms with Gasteiger partial charge in [0.15, 0.2) is 0 Å². The van der Waals surface area contributed by atoms with Crippen molar-refractivity contribution in [1.82, 2.24) is 14.9 Å². The first-order valence-corrected chi connectivity index (χ1v) is 9.11. The number of rotatable bonds is 4. The van der Waals surface area contributed by atoms with Crippen molar-refractivity contribution in [2.75, 3.05) is 0 Å². The summed E-state index contributed by atoms with van der Waals surface area (Å²) >= 11 is 0. The van der Waals surface area contributed by atoms with Crippen LogP contribution in [0.1, 0.15) is 42.0 Å². The van der Waals surface area contributed by atoms with Gasteiger partial charge in [0.2, 0.25) is 5.91 Å². The fourth-order valence-corrected chi connectivity index (χ4v) is 4.22. The van der Waals surface area contributed by atoms with Crippen LogP contribution in [0, 0.1) is 0 Å². The van der Waals surface area contributed by atoms with E-state index in [1.165, 1.54) is 11.1 Å². The van der Waals surface area contributed by atoms with E-state index in [4.69, 9.17) is 0 Å². The summed E-state index contributed by atoms with van der Waals surface area (Å²) in [4.78, 5) is 22.9. The lowest BCUT2D eigenvalue weighted by molar-refractivity contribution is -0.133. The van der Waals surface area contributed by atoms with E-state index in [2.05, 4.69) is 39.1 Å². The molecule has 1 atom stereocenters. The Labute approximate surface area is 146 Å². The van der Waals surface area contributed by atoms with Gasteiger partial charge in [0, 0.05) is 23.8 Å². The lowest BCUT2D eigenvalue weighted by Gasteiger charge is -2.30. The third-order valence-electron chi connectivity index (χ3n) is 5.54. The molecule has 0 radical (unpaired) electrons. The molecule has 2 aliphatic carbocycles. The van der Waals surface area contributed by atoms with Gasteiger partial charge in [-0.2, -0.15) is 0 Å². The van der Waals surface area contributed by atoms with Gasteiger partial charge in [0.25, 0.3) is 0 Å². The van der Waals surface area contributed by atoms with E-state index in [1.54, 1.807) is 6.20 Å². The number of carbonyl (C=O) groups is 1. The third-order valence-corrected chi connectivity index (χ3v) is 5.54. The smallest absolute Gasteiger partial charge is 0.227 e. The van der Waals surface area contributed by atoms with Crippen LogP contribution in [0.5, 0.6) is 0 Å². The fourth-order valence-electron chi connectivity index (χ4n) is 4.22. The van der Waals surface area contributed by atoms with Crippen molar-refractivity contribution in [2.24, 2.45) is 0 Å². The molecule has 1 fully saturated rings. The van der Waals surface area contributed by atoms with Gasteiger partial charge in [-0.1, -0.05) is 24.3 Å². The summed E-state index contributed by atoms with van der Waals surface area (Å²) in [5.41, 5.74) is 4.66. The number of aromatic amines is 1. The van der Waals surface area contributed by atoms with Gasteiger partial charge in [-0.25, -0.2) is 4.98 Å². The molecule has 2 aliphatic rings. The van der Waals surface area contributed by atoms with Crippen molar-refractivity contribution in [2.45, 2.75) is 44.2 Å². The molecule has 0 unspecified atom stereocenters. The Morgan fingerprint density at radius 3 is 2.92 bits per heavy atom. The van der Waals surface area contributed by atoms with Crippen LogP contribution in [0.25, 0.3) is 11.0 Å². The molecule has 0 saturated heterocycles. The van der Waals surface area contributed by atoms with Crippen LogP contribution in [0.2, 0.25) is 0 Å². The molecule has 1 N–H and O–H groups in total. The largest absolute Gasteiger partial charge is 0.346 e. The lowest BCUT2D eigenvalue weighted by Crippen LogP contribution is -2.37. The summed E-state index contributed by atoms with van der Waals surface area (Å²) in [5.74, 6) is 0.244. The number of amides is 1. The fraction of sp³-hybridized carbons (Fsp3) is 0.333. The first-order chi connectivity index (χ1) is 12.3. The minimum absolute atomic E-state index is 0.244. The van der Waals surface area contributed by atoms with Crippen LogP contribution in [0.3, 0.4) is 0 Å². The molecule has 0 spiro atoms. The van der Waals surface area contributed by atoms with Crippen LogP contribution in [-0.2, 0) is 17.6 Å². The molecule has 5 rings (SSSR count). The maximum absolute atomic E-state index is 13.2. The highest BCUT2D eigenvalue weighted by Crippen LogP contribution is 2.42. The number of hydrogen-bond acceptors (Lipinski definition) is 2. The molecular formula is C21H21N3O. The van der Waals surface area contributed by atoms with E-state index < -0.39 is 0 Å². The minimum atomic E-state index is 0.244. The predicted molar refractivity (Wildman–Crippen MR) is 97.2 cm³/mol. The van der Waals surface area contributed by atoms with E-state index in [-0.39, 0.29) is 11.9 Å². The maximum atomic E-state index is 13.2. The molecule has 0 aliphatic heterocycles. The van der Waals surface area contributed by atoms with Crippen molar-refractivity contribution < 1.29 is 4.79 Å². The second-order valence-corrected chi connectivity index (χ2v) is 7.18. The number of hydrogen-bond donors (Lipinski definition) is 1. The number of pyridine rings is 1. The molecule has 126 valence electrons. The average molecular weight is 331 g/mol. The number of benzene rings is 1. The van der Waals surface area contributed by atoms with Gasteiger partial charge in [0.1, 0.15) is 5.65 Å². The van der Waals surface area contributed by atoms with E-state index in [1.807, 2.05) is 18.3 Å². The molecule has 0 bridgehead atoms. The zero-order valence-corrected chi connectivity index (χ0v) is 14.1. The summed E-state index contributed by atoms with van der Waals surface area (Å²) < 4.78 is 0. The van der Waals surface area contributed by atoms with Crippen LogP contribution in [0.4, 0.5) is 0 Å². The Morgan fingerprint density at radius 2 is 2.04 bits per heavy atom. The summed E-state index contributed by atoms with van der Waals surface area (Å²) in [6.45, 7) is 0. The monoisotopic (exact) mass is 331 g/mol. The van der Waals surface area contributed by atoms with Gasteiger partial charge in [0.05, 0.1) is 12.5 Å². The highest BCUT2D eigenvalue weighted by Gasteiger charge is 2.40. The van der Waals surface area contributed by atoms with Gasteiger partial charge >= 0.3 is 0 Å². The third kappa shape index (κ3) is 2.53. The SMILES string of the molecule is O=C(Cc1c[nH]c2ncccc12)N(C1CC1)[C@@H]1CCc2ccccc21. The highest BCUT2D eigenvalue weighted by atomic mass is 16.2. The zero-order chi connectivity index (χ0) is 16.8. The van der Waals surface area contributed by atoms with Crippen molar-refractivity contribution >= 4 is 16.9 Å². The molecule has 2 heterocycles. The van der Waals surface area contributed by atoms with Crippen molar-refractivity contribution in [3.05, 3.63) is 65.5 Å². The van der Waals surface area contributed by atoms with E-state index >= 15 is 0 Å². The number of aromatic nitrogens is 2. The minimum Gasteiger partial charge on any atom is -0.346 e. The van der Waals surface area contributed by atoms with Crippen LogP contribution in [-0.4, -0.2) is 26.8 Å². The number of carbonyl (C=O) groups excluding carboxylic acids is 1. The molecule has 1 saturated carbocycles. The standard InChI is InChI=1S/C21H21N3O/c25-20(12-15-13-23-21-18(15)6-3-11-22-21)24(16-8-9-16)19-10-7-14-4-1-2-5-17(14)19/h1-6,11,13,16,19H,7-10,12H2,(H,22,23)/t19-/m1/s1. The van der Waals surface area contributed by atoms with Gasteiger partial charge in [-0.15, -0.1) is 0 Å². The first kappa shape index (κ1) is 14.7. The lowest BCUT2D eigenvalue weighted by atomic mass is 10.0. The zero-order valence-electron chi connectivity index (χ0n) is 14.1. The second kappa shape index (κ2) is 5.73. The Bertz CT molecular complexity index is 941. The summed E-state index contributed by atoms with van der Waals surface area (Å²) in [6.07, 6.45) is 8.56.